The van der Waals surface area contributed by atoms with Gasteiger partial charge in [0.25, 0.3) is 5.91 Å². The van der Waals surface area contributed by atoms with Gasteiger partial charge in [0.05, 0.1) is 25.5 Å². The van der Waals surface area contributed by atoms with E-state index >= 15 is 0 Å². The molecule has 1 N–H and O–H groups in total. The Labute approximate surface area is 146 Å². The summed E-state index contributed by atoms with van der Waals surface area (Å²) in [7, 11) is 0. The van der Waals surface area contributed by atoms with Crippen molar-refractivity contribution in [1.29, 1.82) is 0 Å². The van der Waals surface area contributed by atoms with E-state index in [9.17, 15) is 4.79 Å². The highest BCUT2D eigenvalue weighted by Crippen LogP contribution is 2.26. The molecule has 1 atom stereocenters. The van der Waals surface area contributed by atoms with Gasteiger partial charge in [-0.3, -0.25) is 10.1 Å². The van der Waals surface area contributed by atoms with E-state index in [2.05, 4.69) is 48.4 Å². The number of rotatable bonds is 5. The van der Waals surface area contributed by atoms with Crippen LogP contribution >= 0.6 is 11.3 Å². The lowest BCUT2D eigenvalue weighted by atomic mass is 10.0. The zero-order valence-electron chi connectivity index (χ0n) is 14.0. The fourth-order valence-corrected chi connectivity index (χ4v) is 3.29. The van der Waals surface area contributed by atoms with Crippen LogP contribution in [0.1, 0.15) is 19.4 Å². The summed E-state index contributed by atoms with van der Waals surface area (Å²) in [6.45, 7) is 5.71. The molecule has 0 aliphatic carbocycles. The van der Waals surface area contributed by atoms with Crippen molar-refractivity contribution in [2.75, 3.05) is 25.1 Å². The molecule has 1 aromatic carbocycles. The molecule has 1 amide bonds. The van der Waals surface area contributed by atoms with E-state index in [0.29, 0.717) is 30.9 Å². The number of thiazole rings is 1. The molecule has 1 aliphatic rings. The zero-order valence-corrected chi connectivity index (χ0v) is 14.8. The molecule has 128 valence electrons. The van der Waals surface area contributed by atoms with E-state index in [-0.39, 0.29) is 5.91 Å². The first-order valence-electron chi connectivity index (χ1n) is 8.17. The number of nitrogens with one attached hydrogen (secondary N) is 1. The molecule has 0 spiro atoms. The number of aromatic nitrogens is 1. The highest BCUT2D eigenvalue weighted by molar-refractivity contribution is 7.14. The van der Waals surface area contributed by atoms with E-state index < -0.39 is 6.10 Å². The highest BCUT2D eigenvalue weighted by atomic mass is 32.1. The number of amides is 1. The third-order valence-electron chi connectivity index (χ3n) is 3.74. The summed E-state index contributed by atoms with van der Waals surface area (Å²) in [6, 6.07) is 8.44. The van der Waals surface area contributed by atoms with Crippen molar-refractivity contribution >= 4 is 22.4 Å². The Morgan fingerprint density at radius 3 is 2.79 bits per heavy atom. The second kappa shape index (κ2) is 7.88. The van der Waals surface area contributed by atoms with Crippen molar-refractivity contribution < 1.29 is 14.3 Å². The summed E-state index contributed by atoms with van der Waals surface area (Å²) < 4.78 is 10.6. The maximum absolute atomic E-state index is 12.1. The van der Waals surface area contributed by atoms with Gasteiger partial charge in [-0.15, -0.1) is 11.3 Å². The lowest BCUT2D eigenvalue weighted by Gasteiger charge is -2.21. The Kier molecular flexibility index (Phi) is 5.60. The van der Waals surface area contributed by atoms with Gasteiger partial charge in [0.15, 0.2) is 11.2 Å². The maximum Gasteiger partial charge on any atom is 0.257 e. The van der Waals surface area contributed by atoms with Gasteiger partial charge < -0.3 is 9.47 Å². The average molecular weight is 346 g/mol. The molecule has 24 heavy (non-hydrogen) atoms. The van der Waals surface area contributed by atoms with Crippen LogP contribution in [0.5, 0.6) is 0 Å². The summed E-state index contributed by atoms with van der Waals surface area (Å²) in [5.74, 6) is 0.436. The van der Waals surface area contributed by atoms with Crippen LogP contribution in [0.4, 0.5) is 5.13 Å². The molecule has 2 aromatic rings. The predicted molar refractivity (Wildman–Crippen MR) is 95.3 cm³/mol. The summed E-state index contributed by atoms with van der Waals surface area (Å²) in [4.78, 5) is 16.6. The van der Waals surface area contributed by atoms with E-state index in [0.717, 1.165) is 17.7 Å². The van der Waals surface area contributed by atoms with Gasteiger partial charge >= 0.3 is 0 Å². The summed E-state index contributed by atoms with van der Waals surface area (Å²) in [5.41, 5.74) is 3.25. The second-order valence-corrected chi connectivity index (χ2v) is 7.11. The van der Waals surface area contributed by atoms with E-state index in [1.807, 2.05) is 5.38 Å². The van der Waals surface area contributed by atoms with Crippen molar-refractivity contribution in [3.8, 4) is 11.3 Å². The van der Waals surface area contributed by atoms with Crippen LogP contribution in [-0.2, 0) is 20.7 Å². The average Bonchev–Trinajstić information content (AvgIpc) is 3.04. The lowest BCUT2D eigenvalue weighted by molar-refractivity contribution is -0.142. The molecular formula is C18H22N2O3S. The van der Waals surface area contributed by atoms with Gasteiger partial charge in [-0.1, -0.05) is 38.1 Å². The van der Waals surface area contributed by atoms with Crippen LogP contribution in [0, 0.1) is 5.92 Å². The third kappa shape index (κ3) is 4.41. The molecule has 2 heterocycles. The number of nitrogens with zero attached hydrogens (tertiary/aromatic N) is 1. The number of hydrogen-bond acceptors (Lipinski definition) is 5. The number of carbonyl (C=O) groups excluding carboxylic acids is 1. The zero-order chi connectivity index (χ0) is 16.9. The predicted octanol–water partition coefficient (Wildman–Crippen LogP) is 3.36. The smallest absolute Gasteiger partial charge is 0.257 e. The van der Waals surface area contributed by atoms with E-state index in [1.54, 1.807) is 0 Å². The van der Waals surface area contributed by atoms with Crippen LogP contribution in [0.25, 0.3) is 11.3 Å². The van der Waals surface area contributed by atoms with E-state index in [1.165, 1.54) is 16.9 Å². The number of ether oxygens (including phenoxy) is 2. The normalized spacial score (nSPS) is 17.9. The van der Waals surface area contributed by atoms with Crippen molar-refractivity contribution in [1.82, 2.24) is 4.98 Å². The molecule has 0 bridgehead atoms. The third-order valence-corrected chi connectivity index (χ3v) is 4.49. The number of anilines is 1. The quantitative estimate of drug-likeness (QED) is 0.902. The van der Waals surface area contributed by atoms with Crippen LogP contribution in [0.3, 0.4) is 0 Å². The first kappa shape index (κ1) is 17.1. The SMILES string of the molecule is CC(C)Cc1ccc(-c2csc(NC(=O)C3COCCO3)n2)cc1. The van der Waals surface area contributed by atoms with Crippen molar-refractivity contribution in [3.63, 3.8) is 0 Å². The minimum absolute atomic E-state index is 0.206. The summed E-state index contributed by atoms with van der Waals surface area (Å²) >= 11 is 1.41. The molecule has 3 rings (SSSR count). The Bertz CT molecular complexity index is 676. The van der Waals surface area contributed by atoms with Crippen LogP contribution < -0.4 is 5.32 Å². The van der Waals surface area contributed by atoms with Gasteiger partial charge in [0, 0.05) is 10.9 Å². The molecule has 0 radical (unpaired) electrons. The van der Waals surface area contributed by atoms with Crippen LogP contribution in [-0.4, -0.2) is 36.8 Å². The highest BCUT2D eigenvalue weighted by Gasteiger charge is 2.23. The molecule has 5 nitrogen and oxygen atoms in total. The molecule has 1 saturated heterocycles. The molecule has 0 saturated carbocycles. The number of benzene rings is 1. The standard InChI is InChI=1S/C18H22N2O3S/c1-12(2)9-13-3-5-14(6-4-13)15-11-24-18(19-15)20-17(21)16-10-22-7-8-23-16/h3-6,11-12,16H,7-10H2,1-2H3,(H,19,20,21). The van der Waals surface area contributed by atoms with Crippen molar-refractivity contribution in [2.45, 2.75) is 26.4 Å². The minimum Gasteiger partial charge on any atom is -0.376 e. The largest absolute Gasteiger partial charge is 0.376 e. The van der Waals surface area contributed by atoms with Crippen molar-refractivity contribution in [2.24, 2.45) is 5.92 Å². The Morgan fingerprint density at radius 2 is 2.12 bits per heavy atom. The van der Waals surface area contributed by atoms with Gasteiger partial charge in [-0.2, -0.15) is 0 Å². The lowest BCUT2D eigenvalue weighted by Crippen LogP contribution is -2.39. The monoisotopic (exact) mass is 346 g/mol. The first-order chi connectivity index (χ1) is 11.6. The van der Waals surface area contributed by atoms with Gasteiger partial charge in [0.1, 0.15) is 0 Å². The molecule has 1 aliphatic heterocycles. The Morgan fingerprint density at radius 1 is 1.33 bits per heavy atom. The van der Waals surface area contributed by atoms with E-state index in [4.69, 9.17) is 9.47 Å². The Hall–Kier alpha value is -1.76. The Balaban J connectivity index is 1.63. The minimum atomic E-state index is -0.554. The van der Waals surface area contributed by atoms with Crippen LogP contribution in [0.15, 0.2) is 29.6 Å². The van der Waals surface area contributed by atoms with Gasteiger partial charge in [0.2, 0.25) is 0 Å². The molecule has 1 aromatic heterocycles. The molecule has 1 unspecified atom stereocenters. The van der Waals surface area contributed by atoms with Gasteiger partial charge in [-0.05, 0) is 17.9 Å². The topological polar surface area (TPSA) is 60.5 Å². The fraction of sp³-hybridized carbons (Fsp3) is 0.444. The molecule has 1 fully saturated rings. The summed E-state index contributed by atoms with van der Waals surface area (Å²) in [5, 5.41) is 5.33. The summed E-state index contributed by atoms with van der Waals surface area (Å²) in [6.07, 6.45) is 0.517. The van der Waals surface area contributed by atoms with Crippen molar-refractivity contribution in [3.05, 3.63) is 35.2 Å². The van der Waals surface area contributed by atoms with Crippen LogP contribution in [0.2, 0.25) is 0 Å². The number of carbonyl (C=O) groups is 1. The van der Waals surface area contributed by atoms with Gasteiger partial charge in [-0.25, -0.2) is 4.98 Å². The number of hydrogen-bond donors (Lipinski definition) is 1. The second-order valence-electron chi connectivity index (χ2n) is 6.26. The maximum atomic E-state index is 12.1. The molecular weight excluding hydrogens is 324 g/mol. The fourth-order valence-electron chi connectivity index (χ4n) is 2.57. The molecule has 6 heteroatoms. The first-order valence-corrected chi connectivity index (χ1v) is 9.05.